The fraction of sp³-hybridized carbons (Fsp3) is 0.133. The average Bonchev–Trinajstić information content (AvgIpc) is 2.37. The lowest BCUT2D eigenvalue weighted by molar-refractivity contribution is 0.718. The molecule has 87 valence electrons. The molecular weight excluding hydrogens is 208 g/mol. The summed E-state index contributed by atoms with van der Waals surface area (Å²) in [5.41, 5.74) is 14.9. The van der Waals surface area contributed by atoms with E-state index >= 15 is 0 Å². The van der Waals surface area contributed by atoms with Crippen molar-refractivity contribution in [2.24, 2.45) is 5.73 Å². The van der Waals surface area contributed by atoms with Crippen molar-refractivity contribution in [3.05, 3.63) is 72.1 Å². The molecule has 0 saturated heterocycles. The van der Waals surface area contributed by atoms with Crippen molar-refractivity contribution in [1.82, 2.24) is 0 Å². The summed E-state index contributed by atoms with van der Waals surface area (Å²) in [6.07, 6.45) is 2.93. The molecule has 0 heterocycles. The summed E-state index contributed by atoms with van der Waals surface area (Å²) in [4.78, 5) is 0. The van der Waals surface area contributed by atoms with Gasteiger partial charge in [-0.1, -0.05) is 42.5 Å². The second kappa shape index (κ2) is 5.51. The average molecular weight is 225 g/mol. The predicted molar refractivity (Wildman–Crippen MR) is 72.2 cm³/mol. The molecule has 0 amide bonds. The van der Waals surface area contributed by atoms with Gasteiger partial charge in [-0.05, 0) is 36.1 Å². The molecule has 2 aromatic carbocycles. The minimum Gasteiger partial charge on any atom is -0.399 e. The molecule has 4 N–H and O–H groups in total. The van der Waals surface area contributed by atoms with Crippen LogP contribution in [0.2, 0.25) is 0 Å². The summed E-state index contributed by atoms with van der Waals surface area (Å²) < 4.78 is 0. The molecule has 2 aromatic rings. The first kappa shape index (κ1) is 11.7. The van der Waals surface area contributed by atoms with E-state index in [2.05, 4.69) is 18.6 Å². The van der Waals surface area contributed by atoms with Crippen LogP contribution in [0, 0.1) is 6.42 Å². The zero-order chi connectivity index (χ0) is 12.1. The molecule has 2 rings (SSSR count). The van der Waals surface area contributed by atoms with E-state index in [1.165, 1.54) is 0 Å². The zero-order valence-electron chi connectivity index (χ0n) is 9.71. The molecule has 0 aromatic heterocycles. The van der Waals surface area contributed by atoms with Gasteiger partial charge >= 0.3 is 0 Å². The normalized spacial score (nSPS) is 12.3. The lowest BCUT2D eigenvalue weighted by Gasteiger charge is -2.11. The Hall–Kier alpha value is -1.80. The molecule has 0 fully saturated rings. The molecule has 2 heteroatoms. The Morgan fingerprint density at radius 2 is 1.76 bits per heavy atom. The van der Waals surface area contributed by atoms with Crippen LogP contribution in [0.4, 0.5) is 5.69 Å². The van der Waals surface area contributed by atoms with Gasteiger partial charge in [-0.15, -0.1) is 0 Å². The molecule has 0 aliphatic rings. The quantitative estimate of drug-likeness (QED) is 0.786. The minimum absolute atomic E-state index is 0.0395. The Morgan fingerprint density at radius 3 is 2.47 bits per heavy atom. The summed E-state index contributed by atoms with van der Waals surface area (Å²) in [7, 11) is 0. The number of nitrogen functional groups attached to an aromatic ring is 1. The summed E-state index contributed by atoms with van der Waals surface area (Å²) >= 11 is 0. The van der Waals surface area contributed by atoms with Crippen molar-refractivity contribution in [3.8, 4) is 0 Å². The highest BCUT2D eigenvalue weighted by Gasteiger charge is 2.05. The highest BCUT2D eigenvalue weighted by atomic mass is 14.6. The SMILES string of the molecule is Nc1cccc([CH]CC(N)c2ccccc2)c1. The summed E-state index contributed by atoms with van der Waals surface area (Å²) in [5, 5.41) is 0. The third-order valence-electron chi connectivity index (χ3n) is 2.75. The van der Waals surface area contributed by atoms with Gasteiger partial charge in [0.1, 0.15) is 0 Å². The van der Waals surface area contributed by atoms with E-state index in [0.29, 0.717) is 0 Å². The molecule has 0 saturated carbocycles. The van der Waals surface area contributed by atoms with Crippen LogP contribution in [0.1, 0.15) is 23.6 Å². The predicted octanol–water partition coefficient (Wildman–Crippen LogP) is 2.91. The Balaban J connectivity index is 1.95. The smallest absolute Gasteiger partial charge is 0.0316 e. The van der Waals surface area contributed by atoms with Crippen molar-refractivity contribution in [2.75, 3.05) is 5.73 Å². The summed E-state index contributed by atoms with van der Waals surface area (Å²) in [6, 6.07) is 18.0. The van der Waals surface area contributed by atoms with E-state index < -0.39 is 0 Å². The zero-order valence-corrected chi connectivity index (χ0v) is 9.71. The second-order valence-electron chi connectivity index (χ2n) is 4.13. The Morgan fingerprint density at radius 1 is 1.00 bits per heavy atom. The summed E-state index contributed by atoms with van der Waals surface area (Å²) in [6.45, 7) is 0. The second-order valence-corrected chi connectivity index (χ2v) is 4.13. The van der Waals surface area contributed by atoms with Gasteiger partial charge in [0.05, 0.1) is 0 Å². The van der Waals surface area contributed by atoms with Crippen molar-refractivity contribution < 1.29 is 0 Å². The standard InChI is InChI=1S/C15H17N2/c16-14-8-4-5-12(11-14)9-10-15(17)13-6-2-1-3-7-13/h1-9,11,15H,10,16-17H2. The van der Waals surface area contributed by atoms with E-state index in [9.17, 15) is 0 Å². The minimum atomic E-state index is 0.0395. The first-order valence-corrected chi connectivity index (χ1v) is 5.75. The fourth-order valence-electron chi connectivity index (χ4n) is 1.79. The van der Waals surface area contributed by atoms with E-state index in [4.69, 9.17) is 11.5 Å². The Kier molecular flexibility index (Phi) is 3.78. The highest BCUT2D eigenvalue weighted by molar-refractivity contribution is 5.43. The maximum Gasteiger partial charge on any atom is 0.0316 e. The maximum absolute atomic E-state index is 6.12. The van der Waals surface area contributed by atoms with Crippen LogP contribution >= 0.6 is 0 Å². The van der Waals surface area contributed by atoms with Crippen molar-refractivity contribution >= 4 is 5.69 Å². The maximum atomic E-state index is 6.12. The molecule has 17 heavy (non-hydrogen) atoms. The number of rotatable bonds is 4. The number of anilines is 1. The number of benzene rings is 2. The van der Waals surface area contributed by atoms with E-state index in [-0.39, 0.29) is 6.04 Å². The van der Waals surface area contributed by atoms with Crippen molar-refractivity contribution in [3.63, 3.8) is 0 Å². The number of hydrogen-bond acceptors (Lipinski definition) is 2. The van der Waals surface area contributed by atoms with Crippen LogP contribution in [0.3, 0.4) is 0 Å². The van der Waals surface area contributed by atoms with Crippen LogP contribution in [0.25, 0.3) is 0 Å². The monoisotopic (exact) mass is 225 g/mol. The molecule has 0 aliphatic carbocycles. The summed E-state index contributed by atoms with van der Waals surface area (Å²) in [5.74, 6) is 0. The molecule has 0 bridgehead atoms. The van der Waals surface area contributed by atoms with Gasteiger partial charge in [-0.2, -0.15) is 0 Å². The van der Waals surface area contributed by atoms with Crippen LogP contribution in [-0.2, 0) is 0 Å². The Bertz CT molecular complexity index is 465. The van der Waals surface area contributed by atoms with Crippen LogP contribution in [0.5, 0.6) is 0 Å². The van der Waals surface area contributed by atoms with Gasteiger partial charge in [0.25, 0.3) is 0 Å². The van der Waals surface area contributed by atoms with E-state index in [0.717, 1.165) is 23.2 Å². The molecular formula is C15H17N2. The number of nitrogens with two attached hydrogens (primary N) is 2. The van der Waals surface area contributed by atoms with Gasteiger partial charge in [0.2, 0.25) is 0 Å². The first-order chi connectivity index (χ1) is 8.25. The van der Waals surface area contributed by atoms with Crippen LogP contribution in [0.15, 0.2) is 54.6 Å². The highest BCUT2D eigenvalue weighted by Crippen LogP contribution is 2.18. The van der Waals surface area contributed by atoms with Gasteiger partial charge in [-0.3, -0.25) is 0 Å². The lowest BCUT2D eigenvalue weighted by atomic mass is 10.00. The van der Waals surface area contributed by atoms with E-state index in [1.807, 2.05) is 42.5 Å². The van der Waals surface area contributed by atoms with Gasteiger partial charge in [0.15, 0.2) is 0 Å². The van der Waals surface area contributed by atoms with Crippen LogP contribution in [-0.4, -0.2) is 0 Å². The van der Waals surface area contributed by atoms with Crippen LogP contribution < -0.4 is 11.5 Å². The molecule has 1 unspecified atom stereocenters. The van der Waals surface area contributed by atoms with E-state index in [1.54, 1.807) is 0 Å². The molecule has 0 aliphatic heterocycles. The first-order valence-electron chi connectivity index (χ1n) is 5.75. The third kappa shape index (κ3) is 3.33. The number of hydrogen-bond donors (Lipinski definition) is 2. The van der Waals surface area contributed by atoms with Crippen molar-refractivity contribution in [1.29, 1.82) is 0 Å². The van der Waals surface area contributed by atoms with Gasteiger partial charge < -0.3 is 11.5 Å². The lowest BCUT2D eigenvalue weighted by Crippen LogP contribution is -2.10. The largest absolute Gasteiger partial charge is 0.399 e. The van der Waals surface area contributed by atoms with Gasteiger partial charge in [0, 0.05) is 11.7 Å². The van der Waals surface area contributed by atoms with Crippen molar-refractivity contribution in [2.45, 2.75) is 12.5 Å². The molecule has 1 atom stereocenters. The Labute approximate surface area is 102 Å². The molecule has 2 nitrogen and oxygen atoms in total. The van der Waals surface area contributed by atoms with Gasteiger partial charge in [-0.25, -0.2) is 0 Å². The third-order valence-corrected chi connectivity index (χ3v) is 2.75. The fourth-order valence-corrected chi connectivity index (χ4v) is 1.79. The topological polar surface area (TPSA) is 52.0 Å². The molecule has 0 spiro atoms. The molecule has 1 radical (unpaired) electrons.